The molecule has 0 aliphatic carbocycles. The number of amides is 1. The lowest BCUT2D eigenvalue weighted by molar-refractivity contribution is -0.118. The van der Waals surface area contributed by atoms with Crippen LogP contribution in [0, 0.1) is 11.3 Å². The number of benzene rings is 1. The molecule has 4 heteroatoms. The van der Waals surface area contributed by atoms with Gasteiger partial charge in [0.1, 0.15) is 6.07 Å². The zero-order chi connectivity index (χ0) is 12.1. The fourth-order valence-corrected chi connectivity index (χ4v) is 1.99. The third-order valence-electron chi connectivity index (χ3n) is 2.88. The second-order valence-electron chi connectivity index (χ2n) is 4.06. The van der Waals surface area contributed by atoms with Crippen molar-refractivity contribution in [2.75, 3.05) is 24.5 Å². The smallest absolute Gasteiger partial charge is 0.240 e. The van der Waals surface area contributed by atoms with Crippen molar-refractivity contribution in [3.63, 3.8) is 0 Å². The van der Waals surface area contributed by atoms with Gasteiger partial charge in [-0.05, 0) is 31.5 Å². The van der Waals surface area contributed by atoms with E-state index >= 15 is 0 Å². The molecule has 1 amide bonds. The topological polar surface area (TPSA) is 56.1 Å². The number of anilines is 1. The second-order valence-corrected chi connectivity index (χ2v) is 4.06. The molecule has 1 aromatic carbocycles. The quantitative estimate of drug-likeness (QED) is 0.789. The molecular weight excluding hydrogens is 214 g/mol. The molecule has 17 heavy (non-hydrogen) atoms. The molecular formula is C13H15N3O. The Balaban J connectivity index is 2.29. The summed E-state index contributed by atoms with van der Waals surface area (Å²) in [6.45, 7) is 1.93. The molecule has 1 aliphatic heterocycles. The largest absolute Gasteiger partial charge is 0.310 e. The third-order valence-corrected chi connectivity index (χ3v) is 2.88. The van der Waals surface area contributed by atoms with Crippen LogP contribution in [0.15, 0.2) is 24.3 Å². The number of nitrogens with zero attached hydrogens (tertiary/aromatic N) is 2. The van der Waals surface area contributed by atoms with Gasteiger partial charge in [-0.25, -0.2) is 0 Å². The monoisotopic (exact) mass is 229 g/mol. The number of hydrogen-bond acceptors (Lipinski definition) is 3. The molecule has 1 fully saturated rings. The summed E-state index contributed by atoms with van der Waals surface area (Å²) in [6, 6.07) is 9.38. The summed E-state index contributed by atoms with van der Waals surface area (Å²) in [4.78, 5) is 13.7. The predicted molar refractivity (Wildman–Crippen MR) is 65.6 cm³/mol. The SMILES string of the molecule is N#Cc1ccccc1N1CCCCNCC1=O. The number of para-hydroxylation sites is 1. The van der Waals surface area contributed by atoms with Gasteiger partial charge < -0.3 is 10.2 Å². The number of nitrogens with one attached hydrogen (secondary N) is 1. The van der Waals surface area contributed by atoms with E-state index in [1.54, 1.807) is 11.0 Å². The molecule has 0 radical (unpaired) electrons. The van der Waals surface area contributed by atoms with E-state index in [1.165, 1.54) is 0 Å². The van der Waals surface area contributed by atoms with Crippen molar-refractivity contribution in [3.8, 4) is 6.07 Å². The van der Waals surface area contributed by atoms with Crippen LogP contribution in [-0.4, -0.2) is 25.5 Å². The maximum Gasteiger partial charge on any atom is 0.240 e. The van der Waals surface area contributed by atoms with Gasteiger partial charge in [-0.2, -0.15) is 5.26 Å². The van der Waals surface area contributed by atoms with E-state index in [1.807, 2.05) is 18.2 Å². The van der Waals surface area contributed by atoms with Gasteiger partial charge in [0.15, 0.2) is 0 Å². The van der Waals surface area contributed by atoms with Crippen molar-refractivity contribution >= 4 is 11.6 Å². The summed E-state index contributed by atoms with van der Waals surface area (Å²) < 4.78 is 0. The van der Waals surface area contributed by atoms with E-state index in [9.17, 15) is 4.79 Å². The van der Waals surface area contributed by atoms with Gasteiger partial charge in [0.2, 0.25) is 5.91 Å². The first-order chi connectivity index (χ1) is 8.33. The van der Waals surface area contributed by atoms with Gasteiger partial charge >= 0.3 is 0 Å². The molecule has 0 unspecified atom stereocenters. The van der Waals surface area contributed by atoms with Crippen LogP contribution >= 0.6 is 0 Å². The Bertz CT molecular complexity index is 450. The van der Waals surface area contributed by atoms with Crippen LogP contribution in [0.3, 0.4) is 0 Å². The number of nitriles is 1. The third kappa shape index (κ3) is 2.63. The summed E-state index contributed by atoms with van der Waals surface area (Å²) in [6.07, 6.45) is 2.01. The Morgan fingerprint density at radius 1 is 1.29 bits per heavy atom. The van der Waals surface area contributed by atoms with Crippen molar-refractivity contribution in [2.24, 2.45) is 0 Å². The molecule has 1 aromatic rings. The van der Waals surface area contributed by atoms with Crippen LogP contribution in [0.2, 0.25) is 0 Å². The molecule has 0 bridgehead atoms. The molecule has 1 saturated heterocycles. The second kappa shape index (κ2) is 5.46. The molecule has 1 aliphatic rings. The Kier molecular flexibility index (Phi) is 3.73. The van der Waals surface area contributed by atoms with Crippen molar-refractivity contribution in [2.45, 2.75) is 12.8 Å². The van der Waals surface area contributed by atoms with Crippen molar-refractivity contribution < 1.29 is 4.79 Å². The fraction of sp³-hybridized carbons (Fsp3) is 0.385. The van der Waals surface area contributed by atoms with Crippen LogP contribution in [0.25, 0.3) is 0 Å². The van der Waals surface area contributed by atoms with Gasteiger partial charge in [0.25, 0.3) is 0 Å². The van der Waals surface area contributed by atoms with Crippen LogP contribution in [0.5, 0.6) is 0 Å². The highest BCUT2D eigenvalue weighted by molar-refractivity contribution is 5.96. The van der Waals surface area contributed by atoms with Crippen LogP contribution < -0.4 is 10.2 Å². The first kappa shape index (κ1) is 11.6. The minimum Gasteiger partial charge on any atom is -0.310 e. The van der Waals surface area contributed by atoms with Crippen LogP contribution in [-0.2, 0) is 4.79 Å². The zero-order valence-corrected chi connectivity index (χ0v) is 9.65. The van der Waals surface area contributed by atoms with E-state index in [4.69, 9.17) is 5.26 Å². The molecule has 0 atom stereocenters. The van der Waals surface area contributed by atoms with E-state index in [2.05, 4.69) is 11.4 Å². The van der Waals surface area contributed by atoms with Crippen molar-refractivity contribution in [3.05, 3.63) is 29.8 Å². The zero-order valence-electron chi connectivity index (χ0n) is 9.65. The standard InChI is InChI=1S/C13H15N3O/c14-9-11-5-1-2-6-12(11)16-8-4-3-7-15-10-13(16)17/h1-2,5-6,15H,3-4,7-8,10H2. The van der Waals surface area contributed by atoms with E-state index in [-0.39, 0.29) is 5.91 Å². The van der Waals surface area contributed by atoms with Gasteiger partial charge in [-0.1, -0.05) is 12.1 Å². The molecule has 88 valence electrons. The van der Waals surface area contributed by atoms with Gasteiger partial charge in [0.05, 0.1) is 17.8 Å². The Morgan fingerprint density at radius 2 is 2.12 bits per heavy atom. The first-order valence-corrected chi connectivity index (χ1v) is 5.83. The Labute approximate surface area is 101 Å². The number of carbonyl (C=O) groups excluding carboxylic acids is 1. The molecule has 0 saturated carbocycles. The highest BCUT2D eigenvalue weighted by Gasteiger charge is 2.19. The average molecular weight is 229 g/mol. The highest BCUT2D eigenvalue weighted by Crippen LogP contribution is 2.20. The Morgan fingerprint density at radius 3 is 2.94 bits per heavy atom. The summed E-state index contributed by atoms with van der Waals surface area (Å²) in [7, 11) is 0. The Hall–Kier alpha value is -1.86. The number of rotatable bonds is 1. The number of hydrogen-bond donors (Lipinski definition) is 1. The average Bonchev–Trinajstić information content (AvgIpc) is 2.35. The van der Waals surface area contributed by atoms with Crippen molar-refractivity contribution in [1.29, 1.82) is 5.26 Å². The van der Waals surface area contributed by atoms with Gasteiger partial charge in [-0.3, -0.25) is 4.79 Å². The van der Waals surface area contributed by atoms with Crippen LogP contribution in [0.1, 0.15) is 18.4 Å². The predicted octanol–water partition coefficient (Wildman–Crippen LogP) is 1.27. The van der Waals surface area contributed by atoms with Crippen LogP contribution in [0.4, 0.5) is 5.69 Å². The molecule has 0 aromatic heterocycles. The van der Waals surface area contributed by atoms with E-state index < -0.39 is 0 Å². The van der Waals surface area contributed by atoms with Gasteiger partial charge in [0, 0.05) is 6.54 Å². The van der Waals surface area contributed by atoms with Crippen molar-refractivity contribution in [1.82, 2.24) is 5.32 Å². The molecule has 4 nitrogen and oxygen atoms in total. The minimum absolute atomic E-state index is 0.0346. The number of carbonyl (C=O) groups is 1. The lowest BCUT2D eigenvalue weighted by atomic mass is 10.1. The maximum absolute atomic E-state index is 12.0. The minimum atomic E-state index is 0.0346. The summed E-state index contributed by atoms with van der Waals surface area (Å²) in [5, 5.41) is 12.2. The fourth-order valence-electron chi connectivity index (χ4n) is 1.99. The molecule has 1 N–H and O–H groups in total. The lowest BCUT2D eigenvalue weighted by Gasteiger charge is -2.26. The summed E-state index contributed by atoms with van der Waals surface area (Å²) in [5.41, 5.74) is 1.28. The summed E-state index contributed by atoms with van der Waals surface area (Å²) in [5.74, 6) is 0.0346. The highest BCUT2D eigenvalue weighted by atomic mass is 16.2. The molecule has 0 spiro atoms. The molecule has 2 rings (SSSR count). The normalized spacial score (nSPS) is 17.1. The van der Waals surface area contributed by atoms with Gasteiger partial charge in [-0.15, -0.1) is 0 Å². The first-order valence-electron chi connectivity index (χ1n) is 5.83. The molecule has 1 heterocycles. The van der Waals surface area contributed by atoms with E-state index in [0.29, 0.717) is 18.7 Å². The van der Waals surface area contributed by atoms with E-state index in [0.717, 1.165) is 25.1 Å². The lowest BCUT2D eigenvalue weighted by Crippen LogP contribution is -2.41. The summed E-state index contributed by atoms with van der Waals surface area (Å²) >= 11 is 0. The maximum atomic E-state index is 12.0.